The van der Waals surface area contributed by atoms with Crippen molar-refractivity contribution in [3.05, 3.63) is 65.2 Å². The maximum absolute atomic E-state index is 12.9. The number of nitrogens with one attached hydrogen (secondary N) is 1. The fraction of sp³-hybridized carbons (Fsp3) is 0.333. The normalized spacial score (nSPS) is 17.3. The van der Waals surface area contributed by atoms with Crippen LogP contribution in [0.1, 0.15) is 70.1 Å². The smallest absolute Gasteiger partial charge is 0.338 e. The highest BCUT2D eigenvalue weighted by Crippen LogP contribution is 2.31. The highest BCUT2D eigenvalue weighted by molar-refractivity contribution is 6.22. The van der Waals surface area contributed by atoms with Gasteiger partial charge in [0, 0.05) is 11.7 Å². The summed E-state index contributed by atoms with van der Waals surface area (Å²) >= 11 is 0. The molecule has 4 rings (SSSR count). The Kier molecular flexibility index (Phi) is 5.84. The highest BCUT2D eigenvalue weighted by Gasteiger charge is 2.40. The van der Waals surface area contributed by atoms with Gasteiger partial charge in [0.2, 0.25) is 0 Å². The summed E-state index contributed by atoms with van der Waals surface area (Å²) in [5, 5.41) is 2.67. The topological polar surface area (TPSA) is 92.8 Å². The summed E-state index contributed by atoms with van der Waals surface area (Å²) in [6.07, 6.45) is 3.71. The maximum Gasteiger partial charge on any atom is 0.338 e. The van der Waals surface area contributed by atoms with E-state index in [-0.39, 0.29) is 29.0 Å². The third-order valence-electron chi connectivity index (χ3n) is 5.79. The zero-order chi connectivity index (χ0) is 22.0. The van der Waals surface area contributed by atoms with Gasteiger partial charge >= 0.3 is 5.97 Å². The van der Waals surface area contributed by atoms with Gasteiger partial charge in [0.15, 0.2) is 6.10 Å². The quantitative estimate of drug-likeness (QED) is 0.587. The Bertz CT molecular complexity index is 1030. The van der Waals surface area contributed by atoms with Crippen molar-refractivity contribution >= 4 is 29.4 Å². The van der Waals surface area contributed by atoms with E-state index in [1.54, 1.807) is 24.3 Å². The van der Waals surface area contributed by atoms with Crippen molar-refractivity contribution in [2.24, 2.45) is 0 Å². The zero-order valence-electron chi connectivity index (χ0n) is 17.3. The van der Waals surface area contributed by atoms with Gasteiger partial charge in [-0.2, -0.15) is 0 Å². The molecule has 1 aliphatic heterocycles. The fourth-order valence-electron chi connectivity index (χ4n) is 4.10. The molecule has 2 aromatic carbocycles. The Morgan fingerprint density at radius 2 is 1.65 bits per heavy atom. The predicted molar refractivity (Wildman–Crippen MR) is 114 cm³/mol. The molecule has 3 amide bonds. The number of fused-ring (bicyclic) bond motifs is 1. The van der Waals surface area contributed by atoms with Crippen LogP contribution in [0.25, 0.3) is 0 Å². The molecule has 1 unspecified atom stereocenters. The lowest BCUT2D eigenvalue weighted by atomic mass is 9.94. The number of ether oxygens (including phenoxy) is 1. The number of carbonyl (C=O) groups excluding carboxylic acids is 4. The first-order chi connectivity index (χ1) is 15.0. The van der Waals surface area contributed by atoms with Gasteiger partial charge in [0.25, 0.3) is 17.7 Å². The van der Waals surface area contributed by atoms with Gasteiger partial charge < -0.3 is 10.1 Å². The van der Waals surface area contributed by atoms with E-state index in [2.05, 4.69) is 5.32 Å². The lowest BCUT2D eigenvalue weighted by molar-refractivity contribution is -0.123. The molecule has 2 aromatic rings. The minimum atomic E-state index is -1.03. The number of carbonyl (C=O) groups is 4. The Hall–Kier alpha value is -3.48. The first kappa shape index (κ1) is 20.8. The Labute approximate surface area is 180 Å². The molecule has 2 aliphatic rings. The third-order valence-corrected chi connectivity index (χ3v) is 5.79. The molecule has 1 fully saturated rings. The lowest BCUT2D eigenvalue weighted by Gasteiger charge is -2.29. The minimum Gasteiger partial charge on any atom is -0.449 e. The number of nitrogens with zero attached hydrogens (tertiary/aromatic N) is 1. The molecule has 0 radical (unpaired) electrons. The second-order valence-electron chi connectivity index (χ2n) is 7.94. The summed E-state index contributed by atoms with van der Waals surface area (Å²) < 4.78 is 5.27. The number of hydrogen-bond donors (Lipinski definition) is 1. The van der Waals surface area contributed by atoms with Crippen LogP contribution in [0.5, 0.6) is 0 Å². The van der Waals surface area contributed by atoms with E-state index in [1.807, 2.05) is 6.07 Å². The van der Waals surface area contributed by atoms with Crippen LogP contribution in [0, 0.1) is 0 Å². The number of benzene rings is 2. The van der Waals surface area contributed by atoms with Crippen molar-refractivity contribution in [2.75, 3.05) is 5.32 Å². The number of imide groups is 1. The number of esters is 1. The van der Waals surface area contributed by atoms with E-state index < -0.39 is 18.0 Å². The van der Waals surface area contributed by atoms with Crippen molar-refractivity contribution in [3.8, 4) is 0 Å². The molecule has 1 heterocycles. The van der Waals surface area contributed by atoms with E-state index in [9.17, 15) is 19.2 Å². The summed E-state index contributed by atoms with van der Waals surface area (Å²) in [6, 6.07) is 13.1. The summed E-state index contributed by atoms with van der Waals surface area (Å²) in [4.78, 5) is 51.9. The van der Waals surface area contributed by atoms with Crippen LogP contribution >= 0.6 is 0 Å². The van der Waals surface area contributed by atoms with Crippen LogP contribution in [0.15, 0.2) is 48.5 Å². The molecule has 0 aromatic heterocycles. The van der Waals surface area contributed by atoms with E-state index in [1.165, 1.54) is 30.0 Å². The summed E-state index contributed by atoms with van der Waals surface area (Å²) in [5.74, 6) is -1.86. The number of anilines is 1. The van der Waals surface area contributed by atoms with Crippen LogP contribution in [0.4, 0.5) is 5.69 Å². The van der Waals surface area contributed by atoms with Gasteiger partial charge in [0.1, 0.15) is 0 Å². The van der Waals surface area contributed by atoms with Crippen molar-refractivity contribution in [3.63, 3.8) is 0 Å². The molecule has 1 atom stereocenters. The standard InChI is InChI=1S/C24H24N2O5/c1-15(21(27)25-17-8-4-2-5-9-17)31-24(30)16-12-13-19-20(14-16)23(29)26(22(19)28)18-10-6-3-7-11-18/h2,4-5,8-9,12-15,18H,3,6-7,10-11H2,1H3,(H,25,27). The van der Waals surface area contributed by atoms with E-state index in [0.29, 0.717) is 11.3 Å². The monoisotopic (exact) mass is 420 g/mol. The van der Waals surface area contributed by atoms with Crippen molar-refractivity contribution in [1.82, 2.24) is 4.90 Å². The zero-order valence-corrected chi connectivity index (χ0v) is 17.3. The third kappa shape index (κ3) is 4.21. The van der Waals surface area contributed by atoms with Crippen LogP contribution in [0.2, 0.25) is 0 Å². The van der Waals surface area contributed by atoms with E-state index in [4.69, 9.17) is 4.74 Å². The molecule has 1 aliphatic carbocycles. The second-order valence-corrected chi connectivity index (χ2v) is 7.94. The predicted octanol–water partition coefficient (Wildman–Crippen LogP) is 3.80. The molecule has 0 bridgehead atoms. The summed E-state index contributed by atoms with van der Waals surface area (Å²) in [6.45, 7) is 1.48. The number of amides is 3. The molecule has 1 saturated carbocycles. The summed E-state index contributed by atoms with van der Waals surface area (Å²) in [5.41, 5.74) is 1.25. The average Bonchev–Trinajstić information content (AvgIpc) is 3.04. The molecular formula is C24H24N2O5. The molecule has 31 heavy (non-hydrogen) atoms. The largest absolute Gasteiger partial charge is 0.449 e. The first-order valence-electron chi connectivity index (χ1n) is 10.5. The Morgan fingerprint density at radius 1 is 0.968 bits per heavy atom. The van der Waals surface area contributed by atoms with E-state index >= 15 is 0 Å². The molecule has 1 N–H and O–H groups in total. The molecule has 7 heteroatoms. The molecule has 160 valence electrons. The van der Waals surface area contributed by atoms with Crippen molar-refractivity contribution in [1.29, 1.82) is 0 Å². The van der Waals surface area contributed by atoms with Gasteiger partial charge in [-0.3, -0.25) is 19.3 Å². The van der Waals surface area contributed by atoms with Gasteiger partial charge in [0.05, 0.1) is 16.7 Å². The molecular weight excluding hydrogens is 396 g/mol. The SMILES string of the molecule is CC(OC(=O)c1ccc2c(c1)C(=O)N(C1CCCCC1)C2=O)C(=O)Nc1ccccc1. The van der Waals surface area contributed by atoms with Crippen molar-refractivity contribution in [2.45, 2.75) is 51.2 Å². The highest BCUT2D eigenvalue weighted by atomic mass is 16.5. The van der Waals surface area contributed by atoms with Crippen molar-refractivity contribution < 1.29 is 23.9 Å². The van der Waals surface area contributed by atoms with Gasteiger partial charge in [-0.1, -0.05) is 37.5 Å². The van der Waals surface area contributed by atoms with Gasteiger partial charge in [-0.25, -0.2) is 4.79 Å². The molecule has 0 saturated heterocycles. The van der Waals surface area contributed by atoms with Crippen LogP contribution in [-0.2, 0) is 9.53 Å². The minimum absolute atomic E-state index is 0.0849. The molecule has 0 spiro atoms. The average molecular weight is 420 g/mol. The lowest BCUT2D eigenvalue weighted by Crippen LogP contribution is -2.40. The second kappa shape index (κ2) is 8.71. The fourth-order valence-corrected chi connectivity index (χ4v) is 4.10. The van der Waals surface area contributed by atoms with Crippen LogP contribution in [0.3, 0.4) is 0 Å². The number of para-hydroxylation sites is 1. The van der Waals surface area contributed by atoms with Gasteiger partial charge in [-0.15, -0.1) is 0 Å². The van der Waals surface area contributed by atoms with Gasteiger partial charge in [-0.05, 0) is 50.1 Å². The van der Waals surface area contributed by atoms with Crippen LogP contribution < -0.4 is 5.32 Å². The Morgan fingerprint density at radius 3 is 2.35 bits per heavy atom. The number of rotatable bonds is 5. The van der Waals surface area contributed by atoms with E-state index in [0.717, 1.165) is 32.1 Å². The van der Waals surface area contributed by atoms with Crippen LogP contribution in [-0.4, -0.2) is 40.7 Å². The summed E-state index contributed by atoms with van der Waals surface area (Å²) in [7, 11) is 0. The Balaban J connectivity index is 1.45. The number of hydrogen-bond acceptors (Lipinski definition) is 5. The first-order valence-corrected chi connectivity index (χ1v) is 10.5. The maximum atomic E-state index is 12.9. The molecule has 7 nitrogen and oxygen atoms in total.